The molecule has 24 heavy (non-hydrogen) atoms. The van der Waals surface area contributed by atoms with Crippen LogP contribution < -0.4 is 5.32 Å². The molecule has 1 amide bonds. The van der Waals surface area contributed by atoms with E-state index in [0.29, 0.717) is 16.6 Å². The molecule has 0 aliphatic heterocycles. The molecule has 2 heterocycles. The molecule has 124 valence electrons. The Morgan fingerprint density at radius 3 is 2.62 bits per heavy atom. The molecule has 1 N–H and O–H groups in total. The molecule has 1 aromatic carbocycles. The van der Waals surface area contributed by atoms with E-state index in [1.807, 2.05) is 49.6 Å². The highest BCUT2D eigenvalue weighted by atomic mass is 79.9. The molecule has 0 spiro atoms. The number of benzene rings is 1. The van der Waals surface area contributed by atoms with Crippen molar-refractivity contribution in [3.63, 3.8) is 0 Å². The number of hydrogen-bond donors (Lipinski definition) is 1. The number of carbonyl (C=O) groups excluding carboxylic acids is 1. The molecule has 0 radical (unpaired) electrons. The quantitative estimate of drug-likeness (QED) is 0.668. The first-order valence-electron chi connectivity index (χ1n) is 7.48. The summed E-state index contributed by atoms with van der Waals surface area (Å²) in [4.78, 5) is 17.4. The van der Waals surface area contributed by atoms with Crippen LogP contribution in [0.15, 0.2) is 50.8 Å². The molecule has 0 aliphatic carbocycles. The summed E-state index contributed by atoms with van der Waals surface area (Å²) in [6, 6.07) is 11.0. The van der Waals surface area contributed by atoms with Crippen molar-refractivity contribution in [2.75, 3.05) is 0 Å². The topological polar surface area (TPSA) is 68.0 Å². The van der Waals surface area contributed by atoms with Crippen LogP contribution in [0.25, 0.3) is 11.4 Å². The molecule has 3 aromatic rings. The average Bonchev–Trinajstić information content (AvgIpc) is 3.24. The van der Waals surface area contributed by atoms with Gasteiger partial charge < -0.3 is 9.84 Å². The van der Waals surface area contributed by atoms with Crippen molar-refractivity contribution < 1.29 is 9.32 Å². The molecule has 2 aromatic heterocycles. The first-order valence-corrected chi connectivity index (χ1v) is 9.16. The maximum atomic E-state index is 12.3. The van der Waals surface area contributed by atoms with Crippen LogP contribution in [0, 0.1) is 5.92 Å². The number of rotatable bonds is 5. The SMILES string of the molecule is CC(C)[C@H](NC(=O)c1cccs1)c1nc(-c2ccc(Br)cc2)no1. The molecule has 7 heteroatoms. The van der Waals surface area contributed by atoms with Crippen molar-refractivity contribution in [1.29, 1.82) is 0 Å². The third-order valence-electron chi connectivity index (χ3n) is 3.51. The Labute approximate surface area is 152 Å². The normalized spacial score (nSPS) is 12.3. The summed E-state index contributed by atoms with van der Waals surface area (Å²) in [5.74, 6) is 0.903. The van der Waals surface area contributed by atoms with Gasteiger partial charge in [0.2, 0.25) is 11.7 Å². The lowest BCUT2D eigenvalue weighted by Gasteiger charge is -2.17. The van der Waals surface area contributed by atoms with Crippen LogP contribution in [0.3, 0.4) is 0 Å². The van der Waals surface area contributed by atoms with E-state index in [1.165, 1.54) is 11.3 Å². The molecule has 0 bridgehead atoms. The number of amides is 1. The Kier molecular flexibility index (Phi) is 5.11. The van der Waals surface area contributed by atoms with Crippen molar-refractivity contribution in [3.8, 4) is 11.4 Å². The van der Waals surface area contributed by atoms with Crippen molar-refractivity contribution in [2.45, 2.75) is 19.9 Å². The molecule has 0 aliphatic rings. The molecule has 0 unspecified atom stereocenters. The van der Waals surface area contributed by atoms with Crippen LogP contribution in [0.5, 0.6) is 0 Å². The minimum atomic E-state index is -0.337. The third-order valence-corrected chi connectivity index (χ3v) is 4.91. The van der Waals surface area contributed by atoms with Crippen molar-refractivity contribution in [3.05, 3.63) is 57.0 Å². The van der Waals surface area contributed by atoms with Gasteiger partial charge in [-0.05, 0) is 41.6 Å². The molecule has 5 nitrogen and oxygen atoms in total. The zero-order chi connectivity index (χ0) is 17.1. The summed E-state index contributed by atoms with van der Waals surface area (Å²) in [7, 11) is 0. The molecule has 0 saturated heterocycles. The zero-order valence-electron chi connectivity index (χ0n) is 13.2. The summed E-state index contributed by atoms with van der Waals surface area (Å²) in [6.45, 7) is 4.01. The maximum Gasteiger partial charge on any atom is 0.262 e. The van der Waals surface area contributed by atoms with Gasteiger partial charge >= 0.3 is 0 Å². The first kappa shape index (κ1) is 16.9. The Hall–Kier alpha value is -1.99. The van der Waals surface area contributed by atoms with Crippen molar-refractivity contribution in [2.24, 2.45) is 5.92 Å². The Bertz CT molecular complexity index is 813. The lowest BCUT2D eigenvalue weighted by atomic mass is 10.0. The fourth-order valence-corrected chi connectivity index (χ4v) is 3.10. The summed E-state index contributed by atoms with van der Waals surface area (Å²) in [5.41, 5.74) is 0.861. The van der Waals surface area contributed by atoms with Crippen molar-refractivity contribution in [1.82, 2.24) is 15.5 Å². The Morgan fingerprint density at radius 1 is 1.25 bits per heavy atom. The number of carbonyl (C=O) groups is 1. The van der Waals surface area contributed by atoms with E-state index >= 15 is 0 Å². The minimum absolute atomic E-state index is 0.118. The van der Waals surface area contributed by atoms with Gasteiger partial charge in [-0.15, -0.1) is 11.3 Å². The Morgan fingerprint density at radius 2 is 2.00 bits per heavy atom. The number of nitrogens with zero attached hydrogens (tertiary/aromatic N) is 2. The molecular weight excluding hydrogens is 390 g/mol. The second-order valence-electron chi connectivity index (χ2n) is 5.64. The van der Waals surface area contributed by atoms with E-state index in [-0.39, 0.29) is 17.9 Å². The van der Waals surface area contributed by atoms with Gasteiger partial charge in [0.25, 0.3) is 5.91 Å². The van der Waals surface area contributed by atoms with Gasteiger partial charge in [0.15, 0.2) is 0 Å². The smallest absolute Gasteiger partial charge is 0.262 e. The monoisotopic (exact) mass is 405 g/mol. The van der Waals surface area contributed by atoms with E-state index < -0.39 is 0 Å². The molecule has 3 rings (SSSR count). The van der Waals surface area contributed by atoms with Crippen LogP contribution in [0.1, 0.15) is 35.5 Å². The predicted octanol–water partition coefficient (Wildman–Crippen LogP) is 4.69. The predicted molar refractivity (Wildman–Crippen MR) is 96.8 cm³/mol. The van der Waals surface area contributed by atoms with Gasteiger partial charge in [0, 0.05) is 10.0 Å². The van der Waals surface area contributed by atoms with Gasteiger partial charge in [-0.2, -0.15) is 4.98 Å². The number of nitrogens with one attached hydrogen (secondary N) is 1. The Balaban J connectivity index is 1.82. The first-order chi connectivity index (χ1) is 11.5. The highest BCUT2D eigenvalue weighted by molar-refractivity contribution is 9.10. The molecule has 0 fully saturated rings. The average molecular weight is 406 g/mol. The van der Waals surface area contributed by atoms with Gasteiger partial charge in [0.1, 0.15) is 6.04 Å². The van der Waals surface area contributed by atoms with Gasteiger partial charge in [-0.1, -0.05) is 41.0 Å². The number of halogens is 1. The number of hydrogen-bond acceptors (Lipinski definition) is 5. The third kappa shape index (κ3) is 3.73. The van der Waals surface area contributed by atoms with Crippen molar-refractivity contribution >= 4 is 33.2 Å². The second-order valence-corrected chi connectivity index (χ2v) is 7.50. The molecule has 0 saturated carbocycles. The summed E-state index contributed by atoms with van der Waals surface area (Å²) in [6.07, 6.45) is 0. The molecule has 1 atom stereocenters. The lowest BCUT2D eigenvalue weighted by molar-refractivity contribution is 0.0918. The largest absolute Gasteiger partial charge is 0.339 e. The highest BCUT2D eigenvalue weighted by Gasteiger charge is 2.25. The minimum Gasteiger partial charge on any atom is -0.339 e. The standard InChI is InChI=1S/C17H16BrN3O2S/c1-10(2)14(19-16(22)13-4-3-9-24-13)17-20-15(21-23-17)11-5-7-12(18)8-6-11/h3-10,14H,1-2H3,(H,19,22)/t14-/m0/s1. The van der Waals surface area contributed by atoms with E-state index in [2.05, 4.69) is 31.4 Å². The van der Waals surface area contributed by atoms with E-state index in [0.717, 1.165) is 10.0 Å². The van der Waals surface area contributed by atoms with Gasteiger partial charge in [-0.25, -0.2) is 0 Å². The summed E-state index contributed by atoms with van der Waals surface area (Å²) < 4.78 is 6.39. The lowest BCUT2D eigenvalue weighted by Crippen LogP contribution is -2.31. The van der Waals surface area contributed by atoms with Crippen LogP contribution in [0.2, 0.25) is 0 Å². The number of aromatic nitrogens is 2. The summed E-state index contributed by atoms with van der Waals surface area (Å²) in [5, 5.41) is 8.89. The fourth-order valence-electron chi connectivity index (χ4n) is 2.21. The second kappa shape index (κ2) is 7.27. The van der Waals surface area contributed by atoms with E-state index in [4.69, 9.17) is 4.52 Å². The summed E-state index contributed by atoms with van der Waals surface area (Å²) >= 11 is 4.80. The van der Waals surface area contributed by atoms with Gasteiger partial charge in [-0.3, -0.25) is 4.79 Å². The fraction of sp³-hybridized carbons (Fsp3) is 0.235. The highest BCUT2D eigenvalue weighted by Crippen LogP contribution is 2.25. The van der Waals surface area contributed by atoms with Crippen LogP contribution in [0.4, 0.5) is 0 Å². The number of thiophene rings is 1. The van der Waals surface area contributed by atoms with Crippen LogP contribution in [-0.4, -0.2) is 16.0 Å². The van der Waals surface area contributed by atoms with Crippen LogP contribution in [-0.2, 0) is 0 Å². The maximum absolute atomic E-state index is 12.3. The van der Waals surface area contributed by atoms with E-state index in [9.17, 15) is 4.79 Å². The van der Waals surface area contributed by atoms with Gasteiger partial charge in [0.05, 0.1) is 4.88 Å². The van der Waals surface area contributed by atoms with Crippen LogP contribution >= 0.6 is 27.3 Å². The molecular formula is C17H16BrN3O2S. The van der Waals surface area contributed by atoms with E-state index in [1.54, 1.807) is 6.07 Å². The zero-order valence-corrected chi connectivity index (χ0v) is 15.6.